The van der Waals surface area contributed by atoms with E-state index in [-0.39, 0.29) is 5.75 Å². The van der Waals surface area contributed by atoms with Gasteiger partial charge in [-0.05, 0) is 25.3 Å². The van der Waals surface area contributed by atoms with Crippen LogP contribution in [0.4, 0.5) is 0 Å². The van der Waals surface area contributed by atoms with E-state index < -0.39 is 15.9 Å². The Balaban J connectivity index is 2.51. The van der Waals surface area contributed by atoms with Gasteiger partial charge in [0.25, 0.3) is 0 Å². The Morgan fingerprint density at radius 2 is 2.24 bits per heavy atom. The third kappa shape index (κ3) is 4.87. The minimum absolute atomic E-state index is 0.117. The van der Waals surface area contributed by atoms with Crippen LogP contribution in [0.1, 0.15) is 38.0 Å². The molecule has 1 aromatic rings. The van der Waals surface area contributed by atoms with Crippen molar-refractivity contribution in [3.8, 4) is 0 Å². The van der Waals surface area contributed by atoms with E-state index in [4.69, 9.17) is 0 Å². The van der Waals surface area contributed by atoms with Crippen LogP contribution in [-0.4, -0.2) is 35.3 Å². The van der Waals surface area contributed by atoms with Crippen molar-refractivity contribution in [2.24, 2.45) is 0 Å². The average molecular weight is 260 g/mol. The molecule has 5 nitrogen and oxygen atoms in total. The summed E-state index contributed by atoms with van der Waals surface area (Å²) in [6, 6.07) is 1.78. The van der Waals surface area contributed by atoms with Crippen LogP contribution in [0, 0.1) is 0 Å². The minimum Gasteiger partial charge on any atom is -0.387 e. The van der Waals surface area contributed by atoms with Crippen molar-refractivity contribution in [1.29, 1.82) is 0 Å². The number of rotatable bonds is 7. The molecular formula is C11H20N2O3S. The second kappa shape index (κ2) is 6.16. The highest BCUT2D eigenvalue weighted by Gasteiger charge is 2.13. The SMILES string of the molecule is CCCn1nccc1C(O)CCCS(C)(=O)=O. The van der Waals surface area contributed by atoms with E-state index in [9.17, 15) is 13.5 Å². The van der Waals surface area contributed by atoms with E-state index in [1.54, 1.807) is 16.9 Å². The van der Waals surface area contributed by atoms with Gasteiger partial charge in [0, 0.05) is 24.8 Å². The lowest BCUT2D eigenvalue weighted by Crippen LogP contribution is -2.11. The van der Waals surface area contributed by atoms with Crippen LogP contribution >= 0.6 is 0 Å². The lowest BCUT2D eigenvalue weighted by molar-refractivity contribution is 0.155. The Bertz CT molecular complexity index is 439. The molecule has 17 heavy (non-hydrogen) atoms. The lowest BCUT2D eigenvalue weighted by Gasteiger charge is -2.12. The highest BCUT2D eigenvalue weighted by molar-refractivity contribution is 7.90. The molecule has 0 radical (unpaired) electrons. The molecule has 0 saturated heterocycles. The number of aromatic nitrogens is 2. The van der Waals surface area contributed by atoms with Gasteiger partial charge in [0.05, 0.1) is 11.8 Å². The van der Waals surface area contributed by atoms with Crippen LogP contribution in [0.2, 0.25) is 0 Å². The monoisotopic (exact) mass is 260 g/mol. The molecule has 1 unspecified atom stereocenters. The zero-order valence-corrected chi connectivity index (χ0v) is 11.2. The number of aliphatic hydroxyl groups is 1. The summed E-state index contributed by atoms with van der Waals surface area (Å²) >= 11 is 0. The quantitative estimate of drug-likeness (QED) is 0.798. The van der Waals surface area contributed by atoms with E-state index in [0.717, 1.165) is 18.7 Å². The normalized spacial score (nSPS) is 13.8. The molecule has 98 valence electrons. The van der Waals surface area contributed by atoms with Crippen molar-refractivity contribution in [3.63, 3.8) is 0 Å². The molecule has 0 spiro atoms. The minimum atomic E-state index is -2.94. The van der Waals surface area contributed by atoms with Crippen molar-refractivity contribution >= 4 is 9.84 Å². The Labute approximate surface area is 102 Å². The predicted octanol–water partition coefficient (Wildman–Crippen LogP) is 1.15. The molecule has 0 saturated carbocycles. The van der Waals surface area contributed by atoms with E-state index >= 15 is 0 Å². The number of aliphatic hydroxyl groups excluding tert-OH is 1. The van der Waals surface area contributed by atoms with Crippen molar-refractivity contribution in [1.82, 2.24) is 9.78 Å². The second-order valence-electron chi connectivity index (χ2n) is 4.27. The first-order chi connectivity index (χ1) is 7.94. The highest BCUT2D eigenvalue weighted by Crippen LogP contribution is 2.18. The van der Waals surface area contributed by atoms with E-state index in [0.29, 0.717) is 12.8 Å². The Hall–Kier alpha value is -0.880. The first-order valence-corrected chi connectivity index (χ1v) is 7.87. The summed E-state index contributed by atoms with van der Waals surface area (Å²) in [7, 11) is -2.94. The van der Waals surface area contributed by atoms with Gasteiger partial charge in [-0.1, -0.05) is 6.92 Å². The topological polar surface area (TPSA) is 72.2 Å². The van der Waals surface area contributed by atoms with Crippen molar-refractivity contribution in [2.45, 2.75) is 38.8 Å². The summed E-state index contributed by atoms with van der Waals surface area (Å²) < 4.78 is 23.7. The third-order valence-electron chi connectivity index (χ3n) is 2.52. The smallest absolute Gasteiger partial charge is 0.147 e. The van der Waals surface area contributed by atoms with Crippen LogP contribution < -0.4 is 0 Å². The number of hydrogen-bond donors (Lipinski definition) is 1. The maximum Gasteiger partial charge on any atom is 0.147 e. The summed E-state index contributed by atoms with van der Waals surface area (Å²) in [5.74, 6) is 0.117. The molecule has 1 rings (SSSR count). The van der Waals surface area contributed by atoms with Gasteiger partial charge in [-0.3, -0.25) is 4.68 Å². The highest BCUT2D eigenvalue weighted by atomic mass is 32.2. The maximum atomic E-state index is 11.0. The molecular weight excluding hydrogens is 240 g/mol. The number of aryl methyl sites for hydroxylation is 1. The molecule has 0 aliphatic rings. The van der Waals surface area contributed by atoms with Crippen LogP contribution in [-0.2, 0) is 16.4 Å². The van der Waals surface area contributed by atoms with Crippen LogP contribution in [0.5, 0.6) is 0 Å². The number of nitrogens with zero attached hydrogens (tertiary/aromatic N) is 2. The molecule has 0 aliphatic heterocycles. The molecule has 1 heterocycles. The molecule has 1 N–H and O–H groups in total. The van der Waals surface area contributed by atoms with E-state index in [1.165, 1.54) is 6.26 Å². The molecule has 6 heteroatoms. The van der Waals surface area contributed by atoms with Crippen LogP contribution in [0.3, 0.4) is 0 Å². The summed E-state index contributed by atoms with van der Waals surface area (Å²) in [5, 5.41) is 14.1. The fraction of sp³-hybridized carbons (Fsp3) is 0.727. The summed E-state index contributed by atoms with van der Waals surface area (Å²) in [4.78, 5) is 0. The van der Waals surface area contributed by atoms with Crippen molar-refractivity contribution in [2.75, 3.05) is 12.0 Å². The third-order valence-corrected chi connectivity index (χ3v) is 3.55. The average Bonchev–Trinajstić information content (AvgIpc) is 2.64. The zero-order valence-electron chi connectivity index (χ0n) is 10.3. The van der Waals surface area contributed by atoms with Gasteiger partial charge in [0.1, 0.15) is 9.84 Å². The van der Waals surface area contributed by atoms with Crippen LogP contribution in [0.15, 0.2) is 12.3 Å². The molecule has 1 aromatic heterocycles. The Morgan fingerprint density at radius 1 is 1.53 bits per heavy atom. The molecule has 1 atom stereocenters. The first kappa shape index (κ1) is 14.2. The fourth-order valence-electron chi connectivity index (χ4n) is 1.71. The maximum absolute atomic E-state index is 11.0. The largest absolute Gasteiger partial charge is 0.387 e. The molecule has 0 bridgehead atoms. The van der Waals surface area contributed by atoms with Crippen molar-refractivity contribution < 1.29 is 13.5 Å². The standard InChI is InChI=1S/C11H20N2O3S/c1-3-8-13-10(6-7-12-13)11(14)5-4-9-17(2,15)16/h6-7,11,14H,3-5,8-9H2,1-2H3. The van der Waals surface area contributed by atoms with Gasteiger partial charge in [-0.15, -0.1) is 0 Å². The van der Waals surface area contributed by atoms with E-state index in [1.807, 2.05) is 6.92 Å². The summed E-state index contributed by atoms with van der Waals surface area (Å²) in [5.41, 5.74) is 0.764. The predicted molar refractivity (Wildman–Crippen MR) is 66.4 cm³/mol. The first-order valence-electron chi connectivity index (χ1n) is 5.81. The molecule has 0 aromatic carbocycles. The fourth-order valence-corrected chi connectivity index (χ4v) is 2.40. The van der Waals surface area contributed by atoms with Gasteiger partial charge in [-0.25, -0.2) is 8.42 Å². The van der Waals surface area contributed by atoms with Crippen molar-refractivity contribution in [3.05, 3.63) is 18.0 Å². The van der Waals surface area contributed by atoms with Gasteiger partial charge in [0.15, 0.2) is 0 Å². The summed E-state index contributed by atoms with van der Waals surface area (Å²) in [6.45, 7) is 2.81. The van der Waals surface area contributed by atoms with Gasteiger partial charge in [-0.2, -0.15) is 5.10 Å². The lowest BCUT2D eigenvalue weighted by atomic mass is 10.1. The number of sulfone groups is 1. The molecule has 0 fully saturated rings. The molecule has 0 aliphatic carbocycles. The summed E-state index contributed by atoms with van der Waals surface area (Å²) in [6.07, 6.45) is 4.10. The van der Waals surface area contributed by atoms with E-state index in [2.05, 4.69) is 5.10 Å². The van der Waals surface area contributed by atoms with Gasteiger partial charge in [0.2, 0.25) is 0 Å². The second-order valence-corrected chi connectivity index (χ2v) is 6.53. The molecule has 0 amide bonds. The Morgan fingerprint density at radius 3 is 2.82 bits per heavy atom. The van der Waals surface area contributed by atoms with Gasteiger partial charge >= 0.3 is 0 Å². The number of hydrogen-bond acceptors (Lipinski definition) is 4. The van der Waals surface area contributed by atoms with Crippen LogP contribution in [0.25, 0.3) is 0 Å². The zero-order chi connectivity index (χ0) is 12.9. The van der Waals surface area contributed by atoms with Gasteiger partial charge < -0.3 is 5.11 Å². The Kier molecular flexibility index (Phi) is 5.14.